The molecule has 0 bridgehead atoms. The van der Waals surface area contributed by atoms with E-state index in [1.54, 1.807) is 0 Å². The van der Waals surface area contributed by atoms with Gasteiger partial charge >= 0.3 is 18.3 Å². The molecule has 0 fully saturated rings. The average Bonchev–Trinajstić information content (AvgIpc) is 2.13. The van der Waals surface area contributed by atoms with Crippen molar-refractivity contribution in [2.24, 2.45) is 5.41 Å². The van der Waals surface area contributed by atoms with Gasteiger partial charge in [0.25, 0.3) is 0 Å². The predicted molar refractivity (Wildman–Crippen MR) is 45.9 cm³/mol. The van der Waals surface area contributed by atoms with Crippen LogP contribution in [0, 0.1) is 5.41 Å². The predicted octanol–water partition coefficient (Wildman–Crippen LogP) is 2.64. The highest BCUT2D eigenvalue weighted by Crippen LogP contribution is 2.41. The van der Waals surface area contributed by atoms with E-state index in [-0.39, 0.29) is 0 Å². The van der Waals surface area contributed by atoms with Crippen LogP contribution >= 0.6 is 0 Å². The van der Waals surface area contributed by atoms with Gasteiger partial charge in [-0.05, 0) is 0 Å². The number of carbonyl (C=O) groups excluding carboxylic acids is 1. The van der Waals surface area contributed by atoms with Gasteiger partial charge in [-0.25, -0.2) is 13.6 Å². The minimum absolute atomic E-state index is 0.774. The number of carbonyl (C=O) groups is 1. The third-order valence-electron chi connectivity index (χ3n) is 1.92. The number of esters is 1. The SMILES string of the molecule is C=CC(=O)OCC(C)(C)C(F)(F)C(F)F. The van der Waals surface area contributed by atoms with Gasteiger partial charge in [-0.15, -0.1) is 0 Å². The zero-order valence-corrected chi connectivity index (χ0v) is 8.40. The lowest BCUT2D eigenvalue weighted by atomic mass is 9.86. The van der Waals surface area contributed by atoms with Gasteiger partial charge in [0.05, 0.1) is 5.41 Å². The highest BCUT2D eigenvalue weighted by atomic mass is 19.3. The van der Waals surface area contributed by atoms with E-state index in [1.807, 2.05) is 0 Å². The van der Waals surface area contributed by atoms with E-state index in [4.69, 9.17) is 0 Å². The molecule has 0 atom stereocenters. The zero-order chi connectivity index (χ0) is 12.3. The van der Waals surface area contributed by atoms with Crippen LogP contribution in [0.1, 0.15) is 13.8 Å². The Kier molecular flexibility index (Phi) is 4.30. The second kappa shape index (κ2) is 4.63. The van der Waals surface area contributed by atoms with Gasteiger partial charge in [0, 0.05) is 6.08 Å². The van der Waals surface area contributed by atoms with E-state index in [9.17, 15) is 22.4 Å². The first-order chi connectivity index (χ1) is 6.65. The maximum absolute atomic E-state index is 12.9. The van der Waals surface area contributed by atoms with Gasteiger partial charge < -0.3 is 4.74 Å². The first-order valence-corrected chi connectivity index (χ1v) is 4.10. The van der Waals surface area contributed by atoms with E-state index in [1.165, 1.54) is 0 Å². The second-order valence-electron chi connectivity index (χ2n) is 3.62. The van der Waals surface area contributed by atoms with Crippen molar-refractivity contribution in [1.82, 2.24) is 0 Å². The van der Waals surface area contributed by atoms with Gasteiger partial charge in [0.2, 0.25) is 0 Å². The molecule has 0 radical (unpaired) electrons. The molecule has 0 aliphatic heterocycles. The first kappa shape index (κ1) is 13.9. The Morgan fingerprint density at radius 2 is 1.93 bits per heavy atom. The Morgan fingerprint density at radius 1 is 1.47 bits per heavy atom. The molecule has 0 N–H and O–H groups in total. The van der Waals surface area contributed by atoms with Crippen LogP contribution in [0.25, 0.3) is 0 Å². The minimum atomic E-state index is -4.21. The Balaban J connectivity index is 4.54. The van der Waals surface area contributed by atoms with Crippen molar-refractivity contribution < 1.29 is 27.1 Å². The standard InChI is InChI=1S/C9H12F4O2/c1-4-6(14)15-5-8(2,3)9(12,13)7(10)11/h4,7H,1,5H2,2-3H3. The molecular formula is C9H12F4O2. The molecule has 88 valence electrons. The summed E-state index contributed by atoms with van der Waals surface area (Å²) in [6.07, 6.45) is -3.02. The molecule has 6 heteroatoms. The molecule has 0 rings (SSSR count). The lowest BCUT2D eigenvalue weighted by Gasteiger charge is -2.32. The normalized spacial score (nSPS) is 12.7. The van der Waals surface area contributed by atoms with Crippen LogP contribution in [-0.4, -0.2) is 24.9 Å². The number of halogens is 4. The van der Waals surface area contributed by atoms with Crippen LogP contribution in [0.2, 0.25) is 0 Å². The molecule has 0 aromatic heterocycles. The minimum Gasteiger partial charge on any atom is -0.462 e. The van der Waals surface area contributed by atoms with Crippen molar-refractivity contribution in [3.05, 3.63) is 12.7 Å². The molecule has 15 heavy (non-hydrogen) atoms. The van der Waals surface area contributed by atoms with E-state index < -0.39 is 30.3 Å². The highest BCUT2D eigenvalue weighted by Gasteiger charge is 2.55. The molecule has 0 saturated carbocycles. The smallest absolute Gasteiger partial charge is 0.330 e. The molecule has 0 heterocycles. The van der Waals surface area contributed by atoms with E-state index >= 15 is 0 Å². The number of hydrogen-bond acceptors (Lipinski definition) is 2. The lowest BCUT2D eigenvalue weighted by molar-refractivity contribution is -0.211. The largest absolute Gasteiger partial charge is 0.462 e. The summed E-state index contributed by atoms with van der Waals surface area (Å²) in [6, 6.07) is 0. The quantitative estimate of drug-likeness (QED) is 0.411. The van der Waals surface area contributed by atoms with Gasteiger partial charge in [-0.3, -0.25) is 0 Å². The maximum atomic E-state index is 12.9. The summed E-state index contributed by atoms with van der Waals surface area (Å²) in [6.45, 7) is 4.05. The summed E-state index contributed by atoms with van der Waals surface area (Å²) in [5.41, 5.74) is -2.13. The fourth-order valence-corrected chi connectivity index (χ4v) is 0.702. The summed E-state index contributed by atoms with van der Waals surface area (Å²) >= 11 is 0. The van der Waals surface area contributed by atoms with Crippen LogP contribution in [-0.2, 0) is 9.53 Å². The van der Waals surface area contributed by atoms with Gasteiger partial charge in [0.15, 0.2) is 0 Å². The molecule has 0 unspecified atom stereocenters. The third-order valence-corrected chi connectivity index (χ3v) is 1.92. The van der Waals surface area contributed by atoms with Crippen LogP contribution in [0.15, 0.2) is 12.7 Å². The maximum Gasteiger partial charge on any atom is 0.330 e. The van der Waals surface area contributed by atoms with E-state index in [2.05, 4.69) is 11.3 Å². The van der Waals surface area contributed by atoms with Crippen LogP contribution in [0.5, 0.6) is 0 Å². The van der Waals surface area contributed by atoms with Crippen molar-refractivity contribution in [1.29, 1.82) is 0 Å². The van der Waals surface area contributed by atoms with Crippen molar-refractivity contribution in [2.45, 2.75) is 26.2 Å². The Labute approximate surface area is 84.9 Å². The van der Waals surface area contributed by atoms with Crippen LogP contribution in [0.3, 0.4) is 0 Å². The second-order valence-corrected chi connectivity index (χ2v) is 3.62. The van der Waals surface area contributed by atoms with E-state index in [0.29, 0.717) is 0 Å². The Morgan fingerprint density at radius 3 is 2.27 bits per heavy atom. The summed E-state index contributed by atoms with van der Waals surface area (Å²) in [5, 5.41) is 0. The third kappa shape index (κ3) is 3.21. The topological polar surface area (TPSA) is 26.3 Å². The summed E-state index contributed by atoms with van der Waals surface area (Å²) in [5.74, 6) is -5.14. The lowest BCUT2D eigenvalue weighted by Crippen LogP contribution is -2.46. The molecule has 0 aliphatic rings. The van der Waals surface area contributed by atoms with Gasteiger partial charge in [0.1, 0.15) is 6.61 Å². The number of rotatable bonds is 5. The van der Waals surface area contributed by atoms with E-state index in [0.717, 1.165) is 19.9 Å². The molecular weight excluding hydrogens is 216 g/mol. The molecule has 0 aromatic carbocycles. The first-order valence-electron chi connectivity index (χ1n) is 4.10. The molecule has 0 saturated heterocycles. The summed E-state index contributed by atoms with van der Waals surface area (Å²) in [4.78, 5) is 10.6. The molecule has 2 nitrogen and oxygen atoms in total. The van der Waals surface area contributed by atoms with Gasteiger partial charge in [-0.2, -0.15) is 8.78 Å². The summed E-state index contributed by atoms with van der Waals surface area (Å²) < 4.78 is 54.2. The fraction of sp³-hybridized carbons (Fsp3) is 0.667. The van der Waals surface area contributed by atoms with Crippen LogP contribution < -0.4 is 0 Å². The van der Waals surface area contributed by atoms with Crippen molar-refractivity contribution in [3.8, 4) is 0 Å². The molecule has 0 aromatic rings. The number of hydrogen-bond donors (Lipinski definition) is 0. The fourth-order valence-electron chi connectivity index (χ4n) is 0.702. The zero-order valence-electron chi connectivity index (χ0n) is 8.40. The van der Waals surface area contributed by atoms with Crippen molar-refractivity contribution >= 4 is 5.97 Å². The molecule has 0 spiro atoms. The number of ether oxygens (including phenoxy) is 1. The number of alkyl halides is 4. The Hall–Kier alpha value is -1.07. The molecule has 0 aliphatic carbocycles. The average molecular weight is 228 g/mol. The monoisotopic (exact) mass is 228 g/mol. The highest BCUT2D eigenvalue weighted by molar-refractivity contribution is 5.81. The summed E-state index contributed by atoms with van der Waals surface area (Å²) in [7, 11) is 0. The van der Waals surface area contributed by atoms with Crippen molar-refractivity contribution in [3.63, 3.8) is 0 Å². The van der Waals surface area contributed by atoms with Crippen molar-refractivity contribution in [2.75, 3.05) is 6.61 Å². The van der Waals surface area contributed by atoms with Crippen LogP contribution in [0.4, 0.5) is 17.6 Å². The molecule has 0 amide bonds. The Bertz CT molecular complexity index is 248. The van der Waals surface area contributed by atoms with Gasteiger partial charge in [-0.1, -0.05) is 20.4 Å².